The maximum Gasteiger partial charge on any atom is 1.00 e. The minimum Gasteiger partial charge on any atom is -0.547 e. The van der Waals surface area contributed by atoms with E-state index in [-0.39, 0.29) is 29.6 Å². The summed E-state index contributed by atoms with van der Waals surface area (Å²) in [6.45, 7) is 0.822. The van der Waals surface area contributed by atoms with E-state index in [1.54, 1.807) is 0 Å². The van der Waals surface area contributed by atoms with E-state index < -0.39 is 12.0 Å². The summed E-state index contributed by atoms with van der Waals surface area (Å²) in [5, 5.41) is 17.6. The van der Waals surface area contributed by atoms with Crippen molar-refractivity contribution in [2.45, 2.75) is 13.0 Å². The van der Waals surface area contributed by atoms with E-state index in [1.165, 1.54) is 0 Å². The van der Waals surface area contributed by atoms with Crippen molar-refractivity contribution in [2.24, 2.45) is 0 Å². The molecule has 0 aromatic heterocycles. The molecule has 0 radical (unpaired) electrons. The van der Waals surface area contributed by atoms with E-state index in [0.29, 0.717) is 0 Å². The zero-order valence-corrected chi connectivity index (χ0v) is 6.26. The van der Waals surface area contributed by atoms with Crippen LogP contribution in [0.1, 0.15) is 8.29 Å². The van der Waals surface area contributed by atoms with Gasteiger partial charge in [-0.1, -0.05) is 0 Å². The summed E-state index contributed by atoms with van der Waals surface area (Å²) in [5.41, 5.74) is 0. The molecule has 7 heavy (non-hydrogen) atoms. The normalized spacial score (nSPS) is 18.3. The molecule has 36 valence electrons. The molecule has 0 heterocycles. The van der Waals surface area contributed by atoms with Gasteiger partial charge < -0.3 is 15.0 Å². The first-order valence-electron chi connectivity index (χ1n) is 1.88. The molecule has 1 N–H and O–H groups in total. The Hall–Kier alpha value is 0.430. The molecule has 0 aromatic rings. The van der Waals surface area contributed by atoms with Crippen LogP contribution in [-0.2, 0) is 4.79 Å². The quantitative estimate of drug-likeness (QED) is 0.347. The molecule has 0 aliphatic heterocycles. The predicted molar refractivity (Wildman–Crippen MR) is 16.7 cm³/mol. The second-order valence-corrected chi connectivity index (χ2v) is 0.873. The fourth-order valence-electron chi connectivity index (χ4n) is 0. The van der Waals surface area contributed by atoms with Crippen LogP contribution in [0.25, 0.3) is 0 Å². The number of aliphatic hydroxyl groups is 1. The van der Waals surface area contributed by atoms with Crippen molar-refractivity contribution in [3.05, 3.63) is 0 Å². The second-order valence-electron chi connectivity index (χ2n) is 0.873. The summed E-state index contributed by atoms with van der Waals surface area (Å²) in [7, 11) is 0. The van der Waals surface area contributed by atoms with Crippen molar-refractivity contribution in [3.63, 3.8) is 0 Å². The maximum absolute atomic E-state index is 9.47. The number of carbonyl (C=O) groups is 1. The van der Waals surface area contributed by atoms with Gasteiger partial charge in [0, 0.05) is 0 Å². The number of rotatable bonds is 1. The fraction of sp³-hybridized carbons (Fsp3) is 0.667. The Morgan fingerprint density at radius 1 is 2.14 bits per heavy atom. The minimum absolute atomic E-state index is 0. The van der Waals surface area contributed by atoms with Crippen molar-refractivity contribution in [1.82, 2.24) is 0 Å². The van der Waals surface area contributed by atoms with Crippen LogP contribution in [0.15, 0.2) is 0 Å². The zero-order valence-electron chi connectivity index (χ0n) is 5.26. The van der Waals surface area contributed by atoms with Crippen molar-refractivity contribution in [1.29, 1.82) is 0 Å². The molecule has 0 amide bonds. The van der Waals surface area contributed by atoms with Gasteiger partial charge in [0.1, 0.15) is 0 Å². The van der Waals surface area contributed by atoms with Gasteiger partial charge in [-0.2, -0.15) is 0 Å². The summed E-state index contributed by atoms with van der Waals surface area (Å²) in [5.74, 6) is -1.78. The van der Waals surface area contributed by atoms with Gasteiger partial charge in [-0.25, -0.2) is 0 Å². The molecule has 0 aliphatic rings. The first-order valence-corrected chi connectivity index (χ1v) is 1.38. The molecule has 1 atom stereocenters. The van der Waals surface area contributed by atoms with E-state index in [1.807, 2.05) is 0 Å². The third kappa shape index (κ3) is 6.43. The van der Waals surface area contributed by atoms with E-state index in [4.69, 9.17) is 6.48 Å². The number of hydrogen-bond donors (Lipinski definition) is 1. The Labute approximate surface area is 65.0 Å². The minimum atomic E-state index is -2.44. The summed E-state index contributed by atoms with van der Waals surface area (Å²) >= 11 is 0. The summed E-state index contributed by atoms with van der Waals surface area (Å²) in [6, 6.07) is 0. The molecule has 0 rings (SSSR count). The number of hydrogen-bond acceptors (Lipinski definition) is 3. The third-order valence-corrected chi connectivity index (χ3v) is 0.295. The van der Waals surface area contributed by atoms with Crippen LogP contribution in [0.2, 0.25) is 0 Å². The maximum atomic E-state index is 9.47. The number of carboxylic acid groups (broad SMARTS) is 1. The van der Waals surface area contributed by atoms with E-state index in [0.717, 1.165) is 6.92 Å². The molecule has 0 saturated heterocycles. The molecule has 0 aliphatic carbocycles. The number of aliphatic carboxylic acids is 1. The van der Waals surface area contributed by atoms with Crippen molar-refractivity contribution < 1.29 is 45.9 Å². The fourth-order valence-corrected chi connectivity index (χ4v) is 0. The van der Waals surface area contributed by atoms with Gasteiger partial charge in [-0.15, -0.1) is 0 Å². The van der Waals surface area contributed by atoms with Gasteiger partial charge in [0.2, 0.25) is 0 Å². The molecule has 0 aromatic carbocycles. The van der Waals surface area contributed by atoms with Crippen LogP contribution in [-0.4, -0.2) is 17.2 Å². The Balaban J connectivity index is 0. The Kier molecular flexibility index (Phi) is 4.87. The molecular weight excluding hydrogens is 107 g/mol. The molecule has 1 unspecified atom stereocenters. The first kappa shape index (κ1) is 7.43. The Morgan fingerprint density at radius 2 is 2.29 bits per heavy atom. The number of carboxylic acids is 1. The van der Waals surface area contributed by atoms with Crippen LogP contribution in [0.4, 0.5) is 0 Å². The number of carbonyl (C=O) groups excluding carboxylic acids is 1. The molecular formula is C3H5NaO3. The van der Waals surface area contributed by atoms with Crippen LogP contribution in [0.5, 0.6) is 0 Å². The smallest absolute Gasteiger partial charge is 0.547 e. The van der Waals surface area contributed by atoms with Crippen LogP contribution in [0.3, 0.4) is 0 Å². The van der Waals surface area contributed by atoms with Crippen LogP contribution >= 0.6 is 0 Å². The third-order valence-electron chi connectivity index (χ3n) is 0.295. The van der Waals surface area contributed by atoms with Crippen molar-refractivity contribution in [2.75, 3.05) is 0 Å². The summed E-state index contributed by atoms with van der Waals surface area (Å²) < 4.78 is 6.28. The van der Waals surface area contributed by atoms with Gasteiger partial charge in [-0.3, -0.25) is 0 Å². The predicted octanol–water partition coefficient (Wildman–Crippen LogP) is -4.88. The summed E-state index contributed by atoms with van der Waals surface area (Å²) in [4.78, 5) is 9.47. The Morgan fingerprint density at radius 3 is 2.29 bits per heavy atom. The van der Waals surface area contributed by atoms with Crippen molar-refractivity contribution >= 4 is 5.97 Å². The van der Waals surface area contributed by atoms with Crippen LogP contribution in [0, 0.1) is 0 Å². The van der Waals surface area contributed by atoms with Gasteiger partial charge in [0.25, 0.3) is 0 Å². The zero-order chi connectivity index (χ0) is 6.08. The SMILES string of the molecule is [2H]C(C)(O)C(=O)[O-].[Na+]. The van der Waals surface area contributed by atoms with Crippen molar-refractivity contribution in [3.8, 4) is 0 Å². The molecule has 4 heteroatoms. The standard InChI is InChI=1S/C3H6O3.Na/c1-2(4)3(5)6;/h2,4H,1H3,(H,5,6);/q;+1/p-1/i2D;. The van der Waals surface area contributed by atoms with Crippen LogP contribution < -0.4 is 34.7 Å². The summed E-state index contributed by atoms with van der Waals surface area (Å²) in [6.07, 6.45) is -2.44. The first-order chi connectivity index (χ1) is 2.94. The molecule has 0 saturated carbocycles. The average molecular weight is 113 g/mol. The molecule has 0 bridgehead atoms. The molecule has 0 fully saturated rings. The van der Waals surface area contributed by atoms with E-state index in [2.05, 4.69) is 0 Å². The van der Waals surface area contributed by atoms with Gasteiger partial charge in [0.05, 0.1) is 13.4 Å². The van der Waals surface area contributed by atoms with Gasteiger partial charge in [0.15, 0.2) is 0 Å². The van der Waals surface area contributed by atoms with Gasteiger partial charge in [-0.05, 0) is 6.92 Å². The van der Waals surface area contributed by atoms with Gasteiger partial charge >= 0.3 is 29.6 Å². The Bertz CT molecular complexity index is 87.0. The topological polar surface area (TPSA) is 60.4 Å². The second kappa shape index (κ2) is 4.59. The van der Waals surface area contributed by atoms with E-state index >= 15 is 0 Å². The average Bonchev–Trinajstić information content (AvgIpc) is 1.31. The largest absolute Gasteiger partial charge is 1.00 e. The molecule has 0 spiro atoms. The molecule has 3 nitrogen and oxygen atoms in total. The van der Waals surface area contributed by atoms with E-state index in [9.17, 15) is 9.90 Å². The monoisotopic (exact) mass is 113 g/mol.